The standard InChI is InChI=1S/C20H17NS2/c1-15-12-17(7-11-20(15)21-14-22)6-8-18-9-10-19(23-18)13-16-4-2-3-5-16/h2-3,7,9-12,16H,4-5,13H2,1H3. The van der Waals surface area contributed by atoms with Crippen LogP contribution < -0.4 is 0 Å². The van der Waals surface area contributed by atoms with Crippen molar-refractivity contribution in [2.24, 2.45) is 10.9 Å². The van der Waals surface area contributed by atoms with Crippen molar-refractivity contribution in [1.29, 1.82) is 0 Å². The topological polar surface area (TPSA) is 12.4 Å². The summed E-state index contributed by atoms with van der Waals surface area (Å²) in [7, 11) is 0. The Morgan fingerprint density at radius 1 is 1.17 bits per heavy atom. The second-order valence-corrected chi connectivity index (χ2v) is 7.08. The van der Waals surface area contributed by atoms with Gasteiger partial charge in [0.25, 0.3) is 0 Å². The molecule has 23 heavy (non-hydrogen) atoms. The van der Waals surface area contributed by atoms with Gasteiger partial charge in [0.1, 0.15) is 0 Å². The second-order valence-electron chi connectivity index (χ2n) is 5.73. The average molecular weight is 335 g/mol. The fourth-order valence-corrected chi connectivity index (χ4v) is 3.80. The van der Waals surface area contributed by atoms with Crippen LogP contribution in [0, 0.1) is 24.7 Å². The van der Waals surface area contributed by atoms with E-state index in [0.29, 0.717) is 0 Å². The highest BCUT2D eigenvalue weighted by molar-refractivity contribution is 7.78. The number of thiophene rings is 1. The molecule has 0 saturated heterocycles. The van der Waals surface area contributed by atoms with Crippen LogP contribution in [0.25, 0.3) is 0 Å². The van der Waals surface area contributed by atoms with Crippen LogP contribution >= 0.6 is 23.6 Å². The number of rotatable bonds is 3. The fourth-order valence-electron chi connectivity index (χ4n) is 2.72. The van der Waals surface area contributed by atoms with Gasteiger partial charge in [-0.3, -0.25) is 0 Å². The maximum absolute atomic E-state index is 4.65. The van der Waals surface area contributed by atoms with Crippen LogP contribution in [0.5, 0.6) is 0 Å². The molecule has 0 N–H and O–H groups in total. The van der Waals surface area contributed by atoms with E-state index in [-0.39, 0.29) is 0 Å². The largest absolute Gasteiger partial charge is 0.194 e. The van der Waals surface area contributed by atoms with E-state index in [0.717, 1.165) is 27.6 Å². The summed E-state index contributed by atoms with van der Waals surface area (Å²) in [5.41, 5.74) is 2.92. The first-order valence-electron chi connectivity index (χ1n) is 7.69. The molecule has 1 aliphatic carbocycles. The fraction of sp³-hybridized carbons (Fsp3) is 0.250. The average Bonchev–Trinajstić information content (AvgIpc) is 3.20. The van der Waals surface area contributed by atoms with Gasteiger partial charge in [0.15, 0.2) is 0 Å². The lowest BCUT2D eigenvalue weighted by atomic mass is 10.0. The molecule has 1 nitrogen and oxygen atoms in total. The number of aliphatic imine (C=N–C) groups is 1. The van der Waals surface area contributed by atoms with E-state index in [1.807, 2.05) is 36.5 Å². The molecule has 0 spiro atoms. The van der Waals surface area contributed by atoms with Gasteiger partial charge >= 0.3 is 0 Å². The van der Waals surface area contributed by atoms with Crippen molar-refractivity contribution in [3.8, 4) is 11.8 Å². The molecular formula is C20H17NS2. The predicted molar refractivity (Wildman–Crippen MR) is 102 cm³/mol. The summed E-state index contributed by atoms with van der Waals surface area (Å²) in [4.78, 5) is 6.60. The summed E-state index contributed by atoms with van der Waals surface area (Å²) in [6.07, 6.45) is 8.18. The van der Waals surface area contributed by atoms with Crippen molar-refractivity contribution in [2.45, 2.75) is 26.2 Å². The molecule has 0 unspecified atom stereocenters. The normalized spacial score (nSPS) is 13.4. The van der Waals surface area contributed by atoms with Gasteiger partial charge in [0.05, 0.1) is 15.7 Å². The molecule has 1 aromatic carbocycles. The predicted octanol–water partition coefficient (Wildman–Crippen LogP) is 5.70. The molecule has 114 valence electrons. The minimum atomic E-state index is 0.784. The van der Waals surface area contributed by atoms with Gasteiger partial charge < -0.3 is 0 Å². The summed E-state index contributed by atoms with van der Waals surface area (Å²) < 4.78 is 0. The Labute approximate surface area is 146 Å². The number of nitrogens with zero attached hydrogens (tertiary/aromatic N) is 1. The van der Waals surface area contributed by atoms with Crippen molar-refractivity contribution in [3.63, 3.8) is 0 Å². The molecule has 3 heteroatoms. The summed E-state index contributed by atoms with van der Waals surface area (Å²) in [5, 5.41) is 2.40. The third-order valence-corrected chi connectivity index (χ3v) is 5.06. The van der Waals surface area contributed by atoms with E-state index >= 15 is 0 Å². The van der Waals surface area contributed by atoms with Gasteiger partial charge in [-0.1, -0.05) is 24.0 Å². The zero-order valence-corrected chi connectivity index (χ0v) is 14.6. The van der Waals surface area contributed by atoms with E-state index in [4.69, 9.17) is 0 Å². The Morgan fingerprint density at radius 3 is 2.74 bits per heavy atom. The molecule has 1 heterocycles. The SMILES string of the molecule is Cc1cc(C#Cc2ccc(CC3CC=CC3)s2)ccc1N=C=S. The number of hydrogen-bond donors (Lipinski definition) is 0. The lowest BCUT2D eigenvalue weighted by Crippen LogP contribution is -1.96. The lowest BCUT2D eigenvalue weighted by molar-refractivity contribution is 0.572. The van der Waals surface area contributed by atoms with Crippen LogP contribution in [0.15, 0.2) is 47.5 Å². The molecule has 0 amide bonds. The number of isothiocyanates is 1. The van der Waals surface area contributed by atoms with Crippen molar-refractivity contribution in [3.05, 3.63) is 63.4 Å². The van der Waals surface area contributed by atoms with E-state index < -0.39 is 0 Å². The van der Waals surface area contributed by atoms with Gasteiger partial charge in [-0.05, 0) is 80.2 Å². The molecule has 0 radical (unpaired) electrons. The zero-order chi connectivity index (χ0) is 16.1. The Hall–Kier alpha value is -1.98. The Bertz CT molecular complexity index is 834. The lowest BCUT2D eigenvalue weighted by Gasteiger charge is -2.05. The first-order chi connectivity index (χ1) is 11.2. The molecule has 0 bridgehead atoms. The summed E-state index contributed by atoms with van der Waals surface area (Å²) in [6.45, 7) is 2.01. The van der Waals surface area contributed by atoms with Gasteiger partial charge in [0.2, 0.25) is 0 Å². The molecule has 2 aromatic rings. The number of allylic oxidation sites excluding steroid dienone is 2. The van der Waals surface area contributed by atoms with Crippen LogP contribution in [0.2, 0.25) is 0 Å². The Morgan fingerprint density at radius 2 is 2.00 bits per heavy atom. The zero-order valence-electron chi connectivity index (χ0n) is 13.0. The minimum absolute atomic E-state index is 0.784. The second kappa shape index (κ2) is 7.53. The summed E-state index contributed by atoms with van der Waals surface area (Å²) in [5.74, 6) is 7.29. The smallest absolute Gasteiger partial charge is 0.0775 e. The molecular weight excluding hydrogens is 318 g/mol. The van der Waals surface area contributed by atoms with E-state index in [1.165, 1.54) is 24.1 Å². The summed E-state index contributed by atoms with van der Waals surface area (Å²) >= 11 is 6.46. The number of benzene rings is 1. The number of thiocarbonyl (C=S) groups is 1. The third kappa shape index (κ3) is 4.27. The first kappa shape index (κ1) is 15.9. The molecule has 0 saturated carbocycles. The Kier molecular flexibility index (Phi) is 5.20. The van der Waals surface area contributed by atoms with Gasteiger partial charge in [-0.15, -0.1) is 11.3 Å². The van der Waals surface area contributed by atoms with Crippen LogP contribution in [-0.2, 0) is 6.42 Å². The van der Waals surface area contributed by atoms with Crippen molar-refractivity contribution >= 4 is 34.4 Å². The van der Waals surface area contributed by atoms with Crippen LogP contribution in [0.1, 0.15) is 33.7 Å². The van der Waals surface area contributed by atoms with Crippen LogP contribution in [0.3, 0.4) is 0 Å². The minimum Gasteiger partial charge on any atom is -0.194 e. The molecule has 1 aromatic heterocycles. The van der Waals surface area contributed by atoms with Crippen LogP contribution in [0.4, 0.5) is 5.69 Å². The monoisotopic (exact) mass is 335 g/mol. The Balaban J connectivity index is 1.70. The van der Waals surface area contributed by atoms with Gasteiger partial charge in [-0.25, -0.2) is 0 Å². The number of aryl methyl sites for hydroxylation is 1. The highest BCUT2D eigenvalue weighted by Gasteiger charge is 2.11. The first-order valence-corrected chi connectivity index (χ1v) is 8.91. The highest BCUT2D eigenvalue weighted by atomic mass is 32.1. The molecule has 0 aliphatic heterocycles. The van der Waals surface area contributed by atoms with Crippen molar-refractivity contribution < 1.29 is 0 Å². The quantitative estimate of drug-likeness (QED) is 0.303. The molecule has 1 aliphatic rings. The van der Waals surface area contributed by atoms with E-state index in [9.17, 15) is 0 Å². The third-order valence-electron chi connectivity index (χ3n) is 3.95. The van der Waals surface area contributed by atoms with E-state index in [2.05, 4.69) is 58.5 Å². The van der Waals surface area contributed by atoms with Gasteiger partial charge in [-0.2, -0.15) is 4.99 Å². The van der Waals surface area contributed by atoms with E-state index in [1.54, 1.807) is 0 Å². The highest BCUT2D eigenvalue weighted by Crippen LogP contribution is 2.26. The number of hydrogen-bond acceptors (Lipinski definition) is 3. The van der Waals surface area contributed by atoms with Gasteiger partial charge in [0, 0.05) is 10.4 Å². The molecule has 0 fully saturated rings. The summed E-state index contributed by atoms with van der Waals surface area (Å²) in [6, 6.07) is 10.3. The van der Waals surface area contributed by atoms with Crippen molar-refractivity contribution in [2.75, 3.05) is 0 Å². The van der Waals surface area contributed by atoms with Crippen molar-refractivity contribution in [1.82, 2.24) is 0 Å². The maximum atomic E-state index is 4.65. The maximum Gasteiger partial charge on any atom is 0.0775 e. The van der Waals surface area contributed by atoms with Crippen LogP contribution in [-0.4, -0.2) is 5.16 Å². The molecule has 0 atom stereocenters. The molecule has 3 rings (SSSR count).